The van der Waals surface area contributed by atoms with Crippen LogP contribution in [0.25, 0.3) is 11.4 Å². The van der Waals surface area contributed by atoms with Crippen LogP contribution in [-0.4, -0.2) is 83.3 Å². The standard InChI is InChI=1S/C25H27N7O3S/c26-25-27-14-18(15-28-25)22-29-19-13-20(36-21(19)23(30-22)31-5-9-34-10-6-31)16-1-3-17(4-2-16)24(33)32-7-11-35-12-8-32/h1-4,14-15,20H,5-13H2,(H2,26,27,28). The molecule has 1 atom stereocenters. The number of nitrogen functional groups attached to an aromatic ring is 1. The molecule has 3 aliphatic rings. The van der Waals surface area contributed by atoms with Gasteiger partial charge in [-0.15, -0.1) is 11.8 Å². The molecule has 0 bridgehead atoms. The Hall–Kier alpha value is -3.28. The molecule has 10 nitrogen and oxygen atoms in total. The minimum Gasteiger partial charge on any atom is -0.378 e. The van der Waals surface area contributed by atoms with E-state index in [4.69, 9.17) is 25.2 Å². The van der Waals surface area contributed by atoms with Crippen molar-refractivity contribution in [2.24, 2.45) is 0 Å². The smallest absolute Gasteiger partial charge is 0.254 e. The van der Waals surface area contributed by atoms with Gasteiger partial charge in [0.15, 0.2) is 5.82 Å². The van der Waals surface area contributed by atoms with Crippen LogP contribution < -0.4 is 10.6 Å². The second-order valence-electron chi connectivity index (χ2n) is 8.91. The minimum atomic E-state index is 0.0584. The number of nitrogens with two attached hydrogens (primary N) is 1. The molecular formula is C25H27N7O3S. The number of carbonyl (C=O) groups is 1. The number of hydrogen-bond donors (Lipinski definition) is 1. The van der Waals surface area contributed by atoms with Gasteiger partial charge in [-0.25, -0.2) is 19.9 Å². The van der Waals surface area contributed by atoms with Gasteiger partial charge in [-0.1, -0.05) is 12.1 Å². The molecule has 0 spiro atoms. The normalized spacial score (nSPS) is 19.8. The molecule has 2 aromatic heterocycles. The van der Waals surface area contributed by atoms with E-state index in [9.17, 15) is 4.79 Å². The highest BCUT2D eigenvalue weighted by Crippen LogP contribution is 2.49. The van der Waals surface area contributed by atoms with Crippen LogP contribution in [0.1, 0.15) is 26.9 Å². The molecule has 2 N–H and O–H groups in total. The Morgan fingerprint density at radius 1 is 0.944 bits per heavy atom. The van der Waals surface area contributed by atoms with Crippen molar-refractivity contribution in [3.8, 4) is 11.4 Å². The van der Waals surface area contributed by atoms with Crippen molar-refractivity contribution < 1.29 is 14.3 Å². The third-order valence-corrected chi connectivity index (χ3v) is 8.00. The predicted molar refractivity (Wildman–Crippen MR) is 136 cm³/mol. The van der Waals surface area contributed by atoms with Gasteiger partial charge in [-0.3, -0.25) is 4.79 Å². The summed E-state index contributed by atoms with van der Waals surface area (Å²) in [6.45, 7) is 5.38. The van der Waals surface area contributed by atoms with E-state index in [-0.39, 0.29) is 17.1 Å². The summed E-state index contributed by atoms with van der Waals surface area (Å²) in [5.41, 5.74) is 9.31. The summed E-state index contributed by atoms with van der Waals surface area (Å²) >= 11 is 1.79. The third-order valence-electron chi connectivity index (χ3n) is 6.63. The van der Waals surface area contributed by atoms with E-state index in [1.165, 1.54) is 5.56 Å². The van der Waals surface area contributed by atoms with Crippen molar-refractivity contribution in [1.29, 1.82) is 0 Å². The number of thioether (sulfide) groups is 1. The van der Waals surface area contributed by atoms with Crippen LogP contribution in [-0.2, 0) is 15.9 Å². The zero-order chi connectivity index (χ0) is 24.5. The van der Waals surface area contributed by atoms with E-state index in [0.717, 1.165) is 41.5 Å². The molecule has 2 saturated heterocycles. The number of benzene rings is 1. The summed E-state index contributed by atoms with van der Waals surface area (Å²) in [5, 5.41) is 0.194. The molecule has 36 heavy (non-hydrogen) atoms. The maximum Gasteiger partial charge on any atom is 0.254 e. The van der Waals surface area contributed by atoms with Gasteiger partial charge in [0.25, 0.3) is 5.91 Å². The average Bonchev–Trinajstić information content (AvgIpc) is 3.38. The molecule has 5 heterocycles. The largest absolute Gasteiger partial charge is 0.378 e. The first-order valence-corrected chi connectivity index (χ1v) is 13.0. The summed E-state index contributed by atoms with van der Waals surface area (Å²) in [4.78, 5) is 36.2. The van der Waals surface area contributed by atoms with E-state index < -0.39 is 0 Å². The van der Waals surface area contributed by atoms with Crippen LogP contribution in [0.15, 0.2) is 41.6 Å². The molecule has 1 aromatic carbocycles. The fraction of sp³-hybridized carbons (Fsp3) is 0.400. The fourth-order valence-electron chi connectivity index (χ4n) is 4.65. The topological polar surface area (TPSA) is 120 Å². The van der Waals surface area contributed by atoms with E-state index in [2.05, 4.69) is 27.0 Å². The molecule has 3 aromatic rings. The summed E-state index contributed by atoms with van der Waals surface area (Å²) in [6.07, 6.45) is 4.10. The predicted octanol–water partition coefficient (Wildman–Crippen LogP) is 2.21. The Kier molecular flexibility index (Phi) is 6.43. The average molecular weight is 506 g/mol. The number of aromatic nitrogens is 4. The molecule has 186 valence electrons. The van der Waals surface area contributed by atoms with Crippen molar-refractivity contribution in [3.05, 3.63) is 53.5 Å². The molecule has 0 saturated carbocycles. The van der Waals surface area contributed by atoms with Crippen molar-refractivity contribution >= 4 is 29.4 Å². The Morgan fingerprint density at radius 3 is 2.31 bits per heavy atom. The van der Waals surface area contributed by atoms with Gasteiger partial charge in [0.2, 0.25) is 5.95 Å². The number of anilines is 2. The van der Waals surface area contributed by atoms with Gasteiger partial charge in [-0.05, 0) is 17.7 Å². The maximum absolute atomic E-state index is 12.8. The van der Waals surface area contributed by atoms with Gasteiger partial charge in [-0.2, -0.15) is 0 Å². The van der Waals surface area contributed by atoms with Crippen LogP contribution in [0.4, 0.5) is 11.8 Å². The summed E-state index contributed by atoms with van der Waals surface area (Å²) in [7, 11) is 0. The monoisotopic (exact) mass is 505 g/mol. The number of rotatable bonds is 4. The van der Waals surface area contributed by atoms with Gasteiger partial charge < -0.3 is 25.0 Å². The van der Waals surface area contributed by atoms with Crippen LogP contribution in [0.2, 0.25) is 0 Å². The van der Waals surface area contributed by atoms with Crippen LogP contribution >= 0.6 is 11.8 Å². The van der Waals surface area contributed by atoms with E-state index in [0.29, 0.717) is 50.9 Å². The Bertz CT molecular complexity index is 1240. The Labute approximate surface area is 213 Å². The molecule has 11 heteroatoms. The Morgan fingerprint density at radius 2 is 1.61 bits per heavy atom. The second-order valence-corrected chi connectivity index (χ2v) is 10.1. The molecule has 0 radical (unpaired) electrons. The fourth-order valence-corrected chi connectivity index (χ4v) is 6.01. The highest BCUT2D eigenvalue weighted by Gasteiger charge is 2.32. The number of amides is 1. The molecule has 1 amide bonds. The number of morpholine rings is 2. The van der Waals surface area contributed by atoms with Gasteiger partial charge >= 0.3 is 0 Å². The van der Waals surface area contributed by atoms with Crippen molar-refractivity contribution in [1.82, 2.24) is 24.8 Å². The molecule has 3 aliphatic heterocycles. The highest BCUT2D eigenvalue weighted by atomic mass is 32.2. The quantitative estimate of drug-likeness (QED) is 0.565. The van der Waals surface area contributed by atoms with E-state index in [1.54, 1.807) is 24.2 Å². The molecule has 0 aliphatic carbocycles. The summed E-state index contributed by atoms with van der Waals surface area (Å²) in [5.74, 6) is 1.81. The summed E-state index contributed by atoms with van der Waals surface area (Å²) in [6, 6.07) is 7.99. The van der Waals surface area contributed by atoms with Crippen LogP contribution in [0, 0.1) is 0 Å². The molecule has 1 unspecified atom stereocenters. The SMILES string of the molecule is Nc1ncc(-c2nc3c(c(N4CCOCC4)n2)SC(c2ccc(C(=O)N4CCOCC4)cc2)C3)cn1. The number of hydrogen-bond acceptors (Lipinski definition) is 10. The van der Waals surface area contributed by atoms with Gasteiger partial charge in [0.05, 0.1) is 42.6 Å². The number of carbonyl (C=O) groups excluding carboxylic acids is 1. The molecule has 2 fully saturated rings. The van der Waals surface area contributed by atoms with Crippen LogP contribution in [0.5, 0.6) is 0 Å². The van der Waals surface area contributed by atoms with E-state index in [1.807, 2.05) is 17.0 Å². The van der Waals surface area contributed by atoms with Gasteiger partial charge in [0, 0.05) is 55.8 Å². The Balaban J connectivity index is 1.27. The van der Waals surface area contributed by atoms with E-state index >= 15 is 0 Å². The first kappa shape index (κ1) is 23.1. The zero-order valence-corrected chi connectivity index (χ0v) is 20.6. The number of fused-ring (bicyclic) bond motifs is 1. The lowest BCUT2D eigenvalue weighted by Gasteiger charge is -2.29. The lowest BCUT2D eigenvalue weighted by Crippen LogP contribution is -2.40. The number of ether oxygens (including phenoxy) is 2. The first-order valence-electron chi connectivity index (χ1n) is 12.1. The lowest BCUT2D eigenvalue weighted by atomic mass is 10.0. The second kappa shape index (κ2) is 10.00. The van der Waals surface area contributed by atoms with Gasteiger partial charge in [0.1, 0.15) is 5.82 Å². The molecular weight excluding hydrogens is 478 g/mol. The van der Waals surface area contributed by atoms with Crippen molar-refractivity contribution in [3.63, 3.8) is 0 Å². The zero-order valence-electron chi connectivity index (χ0n) is 19.8. The van der Waals surface area contributed by atoms with Crippen molar-refractivity contribution in [2.45, 2.75) is 16.6 Å². The van der Waals surface area contributed by atoms with Crippen molar-refractivity contribution in [2.75, 3.05) is 63.2 Å². The first-order chi connectivity index (χ1) is 17.7. The highest BCUT2D eigenvalue weighted by molar-refractivity contribution is 8.00. The summed E-state index contributed by atoms with van der Waals surface area (Å²) < 4.78 is 10.9. The third kappa shape index (κ3) is 4.61. The maximum atomic E-state index is 12.8. The van der Waals surface area contributed by atoms with Crippen LogP contribution in [0.3, 0.4) is 0 Å². The minimum absolute atomic E-state index is 0.0584. The lowest BCUT2D eigenvalue weighted by molar-refractivity contribution is 0.0303. The number of nitrogens with zero attached hydrogens (tertiary/aromatic N) is 6. The molecule has 6 rings (SSSR count).